The summed E-state index contributed by atoms with van der Waals surface area (Å²) in [6.07, 6.45) is 5.32. The summed E-state index contributed by atoms with van der Waals surface area (Å²) in [6.45, 7) is 1.81. The van der Waals surface area contributed by atoms with Gasteiger partial charge in [-0.1, -0.05) is 36.4 Å². The van der Waals surface area contributed by atoms with Crippen LogP contribution in [0.5, 0.6) is 5.75 Å². The van der Waals surface area contributed by atoms with Crippen LogP contribution in [0.15, 0.2) is 84.5 Å². The van der Waals surface area contributed by atoms with E-state index in [9.17, 15) is 9.90 Å². The van der Waals surface area contributed by atoms with Gasteiger partial charge in [-0.25, -0.2) is 10.4 Å². The molecule has 0 unspecified atom stereocenters. The van der Waals surface area contributed by atoms with Gasteiger partial charge in [-0.15, -0.1) is 0 Å². The van der Waals surface area contributed by atoms with Crippen molar-refractivity contribution in [1.82, 2.24) is 15.0 Å². The quantitative estimate of drug-likeness (QED) is 0.423. The van der Waals surface area contributed by atoms with Crippen LogP contribution >= 0.6 is 0 Å². The van der Waals surface area contributed by atoms with Crippen molar-refractivity contribution in [3.63, 3.8) is 0 Å². The number of fused-ring (bicyclic) bond motifs is 1. The summed E-state index contributed by atoms with van der Waals surface area (Å²) in [7, 11) is 0. The molecule has 0 aliphatic carbocycles. The van der Waals surface area contributed by atoms with Crippen molar-refractivity contribution in [2.75, 3.05) is 0 Å². The predicted octanol–water partition coefficient (Wildman–Crippen LogP) is 3.89. The highest BCUT2D eigenvalue weighted by atomic mass is 16.3. The van der Waals surface area contributed by atoms with Crippen molar-refractivity contribution in [3.8, 4) is 11.4 Å². The van der Waals surface area contributed by atoms with E-state index in [-0.39, 0.29) is 11.3 Å². The Balaban J connectivity index is 1.52. The molecule has 0 atom stereocenters. The van der Waals surface area contributed by atoms with Crippen molar-refractivity contribution < 1.29 is 9.90 Å². The van der Waals surface area contributed by atoms with E-state index < -0.39 is 5.91 Å². The van der Waals surface area contributed by atoms with Gasteiger partial charge in [-0.3, -0.25) is 4.79 Å². The Bertz CT molecular complexity index is 1160. The predicted molar refractivity (Wildman–Crippen MR) is 109 cm³/mol. The zero-order valence-corrected chi connectivity index (χ0v) is 15.2. The highest BCUT2D eigenvalue weighted by Crippen LogP contribution is 2.24. The molecule has 2 N–H and O–H groups in total. The highest BCUT2D eigenvalue weighted by molar-refractivity contribution is 6.03. The fraction of sp³-hybridized carbons (Fsp3) is 0.0455. The minimum absolute atomic E-state index is 0.0752. The van der Waals surface area contributed by atoms with Crippen LogP contribution in [-0.4, -0.2) is 26.3 Å². The normalized spacial score (nSPS) is 11.5. The molecule has 0 aliphatic heterocycles. The maximum Gasteiger partial charge on any atom is 0.275 e. The minimum Gasteiger partial charge on any atom is -0.507 e. The van der Waals surface area contributed by atoms with E-state index in [0.717, 1.165) is 22.0 Å². The lowest BCUT2D eigenvalue weighted by Crippen LogP contribution is -2.19. The summed E-state index contributed by atoms with van der Waals surface area (Å²) in [5.41, 5.74) is 5.23. The lowest BCUT2D eigenvalue weighted by Gasteiger charge is -2.07. The number of aromatic hydroxyl groups is 1. The molecule has 1 amide bonds. The molecule has 0 spiro atoms. The zero-order chi connectivity index (χ0) is 19.5. The molecule has 0 saturated carbocycles. The third kappa shape index (κ3) is 3.48. The smallest absolute Gasteiger partial charge is 0.275 e. The van der Waals surface area contributed by atoms with E-state index in [1.807, 2.05) is 66.2 Å². The van der Waals surface area contributed by atoms with Gasteiger partial charge in [-0.05, 0) is 47.5 Å². The average molecular weight is 370 g/mol. The van der Waals surface area contributed by atoms with E-state index in [0.29, 0.717) is 5.71 Å². The van der Waals surface area contributed by atoms with Crippen molar-refractivity contribution >= 4 is 22.4 Å². The first-order valence-electron chi connectivity index (χ1n) is 8.77. The lowest BCUT2D eigenvalue weighted by atomic mass is 10.1. The largest absolute Gasteiger partial charge is 0.507 e. The van der Waals surface area contributed by atoms with Crippen LogP contribution in [-0.2, 0) is 0 Å². The zero-order valence-electron chi connectivity index (χ0n) is 15.2. The highest BCUT2D eigenvalue weighted by Gasteiger charge is 2.12. The van der Waals surface area contributed by atoms with E-state index in [1.165, 1.54) is 0 Å². The minimum atomic E-state index is -0.461. The van der Waals surface area contributed by atoms with Gasteiger partial charge < -0.3 is 9.67 Å². The number of imidazole rings is 1. The number of phenolic OH excluding ortho intramolecular Hbond substituents is 1. The molecule has 0 bridgehead atoms. The first kappa shape index (κ1) is 17.5. The fourth-order valence-electron chi connectivity index (χ4n) is 2.96. The second-order valence-corrected chi connectivity index (χ2v) is 6.37. The van der Waals surface area contributed by atoms with Crippen LogP contribution in [0.3, 0.4) is 0 Å². The van der Waals surface area contributed by atoms with Gasteiger partial charge in [0.2, 0.25) is 0 Å². The van der Waals surface area contributed by atoms with Crippen molar-refractivity contribution in [3.05, 3.63) is 90.5 Å². The molecule has 0 radical (unpaired) electrons. The fourth-order valence-corrected chi connectivity index (χ4v) is 2.96. The third-order valence-corrected chi connectivity index (χ3v) is 4.52. The Morgan fingerprint density at radius 2 is 1.79 bits per heavy atom. The molecule has 4 rings (SSSR count). The molecule has 0 fully saturated rings. The SMILES string of the molecule is C/C(=N\NC(=O)c1cc2ccccc2cc1O)c1ccc(-n2ccnc2)cc1. The standard InChI is InChI=1S/C22H18N4O2/c1-15(16-6-8-19(9-7-16)26-11-10-23-14-26)24-25-22(28)20-12-17-4-2-3-5-18(17)13-21(20)27/h2-14,27H,1H3,(H,25,28)/b24-15+. The molecule has 0 saturated heterocycles. The van der Waals surface area contributed by atoms with E-state index >= 15 is 0 Å². The number of carbonyl (C=O) groups is 1. The second kappa shape index (κ2) is 7.36. The number of aromatic nitrogens is 2. The molecule has 0 aliphatic rings. The third-order valence-electron chi connectivity index (χ3n) is 4.52. The van der Waals surface area contributed by atoms with Crippen LogP contribution in [0.4, 0.5) is 0 Å². The molecule has 3 aromatic carbocycles. The summed E-state index contributed by atoms with van der Waals surface area (Å²) in [4.78, 5) is 16.5. The van der Waals surface area contributed by atoms with Crippen LogP contribution in [0.2, 0.25) is 0 Å². The van der Waals surface area contributed by atoms with E-state index in [2.05, 4.69) is 15.5 Å². The molecular formula is C22H18N4O2. The van der Waals surface area contributed by atoms with Gasteiger partial charge in [0.05, 0.1) is 17.6 Å². The monoisotopic (exact) mass is 370 g/mol. The summed E-state index contributed by atoms with van der Waals surface area (Å²) in [6, 6.07) is 18.5. The second-order valence-electron chi connectivity index (χ2n) is 6.37. The van der Waals surface area contributed by atoms with Crippen molar-refractivity contribution in [1.29, 1.82) is 0 Å². The molecule has 1 heterocycles. The van der Waals surface area contributed by atoms with Gasteiger partial charge in [0.1, 0.15) is 5.75 Å². The Morgan fingerprint density at radius 1 is 1.07 bits per heavy atom. The van der Waals surface area contributed by atoms with E-state index in [4.69, 9.17) is 0 Å². The van der Waals surface area contributed by atoms with Crippen molar-refractivity contribution in [2.24, 2.45) is 5.10 Å². The summed E-state index contributed by atoms with van der Waals surface area (Å²) < 4.78 is 1.90. The number of phenols is 1. The van der Waals surface area contributed by atoms with Crippen molar-refractivity contribution in [2.45, 2.75) is 6.92 Å². The number of carbonyl (C=O) groups excluding carboxylic acids is 1. The lowest BCUT2D eigenvalue weighted by molar-refractivity contribution is 0.0952. The number of hydrazone groups is 1. The Kier molecular flexibility index (Phi) is 4.60. The molecule has 138 valence electrons. The Hall–Kier alpha value is -3.93. The summed E-state index contributed by atoms with van der Waals surface area (Å²) in [5, 5.41) is 16.1. The van der Waals surface area contributed by atoms with Crippen LogP contribution in [0.1, 0.15) is 22.8 Å². The first-order chi connectivity index (χ1) is 13.6. The molecule has 28 heavy (non-hydrogen) atoms. The van der Waals surface area contributed by atoms with Crippen LogP contribution < -0.4 is 5.43 Å². The molecule has 1 aromatic heterocycles. The Labute approximate surface area is 161 Å². The van der Waals surface area contributed by atoms with Gasteiger partial charge in [0, 0.05) is 18.1 Å². The van der Waals surface area contributed by atoms with Crippen LogP contribution in [0, 0.1) is 0 Å². The summed E-state index contributed by atoms with van der Waals surface area (Å²) in [5.74, 6) is -0.536. The van der Waals surface area contributed by atoms with E-state index in [1.54, 1.807) is 24.7 Å². The number of nitrogens with one attached hydrogen (secondary N) is 1. The Morgan fingerprint density at radius 3 is 2.46 bits per heavy atom. The van der Waals surface area contributed by atoms with Gasteiger partial charge in [0.15, 0.2) is 0 Å². The molecule has 4 aromatic rings. The number of benzene rings is 3. The van der Waals surface area contributed by atoms with Gasteiger partial charge >= 0.3 is 0 Å². The molecular weight excluding hydrogens is 352 g/mol. The number of amides is 1. The summed E-state index contributed by atoms with van der Waals surface area (Å²) >= 11 is 0. The maximum atomic E-state index is 12.5. The van der Waals surface area contributed by atoms with Gasteiger partial charge in [0.25, 0.3) is 5.91 Å². The first-order valence-corrected chi connectivity index (χ1v) is 8.77. The number of hydrogen-bond donors (Lipinski definition) is 2. The maximum absolute atomic E-state index is 12.5. The average Bonchev–Trinajstić information content (AvgIpc) is 3.26. The number of rotatable bonds is 4. The number of nitrogens with zero attached hydrogens (tertiary/aromatic N) is 3. The molecule has 6 nitrogen and oxygen atoms in total. The van der Waals surface area contributed by atoms with Gasteiger partial charge in [-0.2, -0.15) is 5.10 Å². The topological polar surface area (TPSA) is 79.5 Å². The number of hydrogen-bond acceptors (Lipinski definition) is 4. The van der Waals surface area contributed by atoms with Crippen LogP contribution in [0.25, 0.3) is 16.5 Å². The molecule has 6 heteroatoms.